The Labute approximate surface area is 443 Å². The Balaban J connectivity index is 2.10. The second-order valence-corrected chi connectivity index (χ2v) is 19.6. The fourth-order valence-electron chi connectivity index (χ4n) is 8.54. The van der Waals surface area contributed by atoms with Crippen molar-refractivity contribution in [3.05, 3.63) is 35.9 Å². The Morgan fingerprint density at radius 3 is 1.61 bits per heavy atom. The molecule has 2 aliphatic heterocycles. The molecule has 10 amide bonds. The SMILES string of the molecule is CC(C)C[C@@H]1NC(=O)[C@@H](Cc2ccccc2)NC(=O)[C@H](CCN)NC(=O)[C@@H](NC(=O)[C@H](CCN)NC(=O)[C@@H](NC(=O)C2CCNCC2)C(C)O)CCNC(=O)[C@H](C(C)O)NC(=O)[C@H](CCN)NC(=O)[C@H](CCN)NC1=O. The van der Waals surface area contributed by atoms with Gasteiger partial charge in [-0.15, -0.1) is 0 Å². The third kappa shape index (κ3) is 21.0. The molecule has 2 aliphatic rings. The van der Waals surface area contributed by atoms with Gasteiger partial charge in [0.25, 0.3) is 0 Å². The highest BCUT2D eigenvalue weighted by molar-refractivity contribution is 5.99. The van der Waals surface area contributed by atoms with Crippen LogP contribution >= 0.6 is 0 Å². The van der Waals surface area contributed by atoms with Crippen molar-refractivity contribution in [2.24, 2.45) is 34.8 Å². The van der Waals surface area contributed by atoms with E-state index in [9.17, 15) is 58.2 Å². The van der Waals surface area contributed by atoms with Gasteiger partial charge in [-0.2, -0.15) is 0 Å². The van der Waals surface area contributed by atoms with Crippen LogP contribution in [0, 0.1) is 11.8 Å². The van der Waals surface area contributed by atoms with E-state index in [-0.39, 0.29) is 70.6 Å². The number of aliphatic hydroxyl groups excluding tert-OH is 2. The van der Waals surface area contributed by atoms with Crippen molar-refractivity contribution in [1.29, 1.82) is 0 Å². The number of amides is 10. The molecule has 0 radical (unpaired) electrons. The lowest BCUT2D eigenvalue weighted by Crippen LogP contribution is -2.61. The zero-order valence-electron chi connectivity index (χ0n) is 44.0. The molecule has 21 N–H and O–H groups in total. The summed E-state index contributed by atoms with van der Waals surface area (Å²) in [4.78, 5) is 139. The summed E-state index contributed by atoms with van der Waals surface area (Å²) < 4.78 is 0. The number of piperidine rings is 1. The summed E-state index contributed by atoms with van der Waals surface area (Å²) in [5.74, 6) is -9.20. The molecule has 27 heteroatoms. The minimum absolute atomic E-state index is 0.0620. The molecule has 27 nitrogen and oxygen atoms in total. The standard InChI is InChI=1S/C49H83N15O12/c1-26(2)24-36-46(73)58-31(10-17-50)41(68)57-34(13-20-53)45(72)64-38(27(3)65)48(75)55-23-16-35(44(71)56-32(11-18-51)43(70)62-37(47(74)61-36)25-29-8-6-5-7-9-29)59-42(69)33(12-19-52)60-49(76)39(28(4)66)63-40(67)30-14-21-54-22-15-30/h5-9,26-28,30-39,54,65-66H,10-25,50-53H2,1-4H3,(H,55,75)(H,56,71)(H,57,68)(H,58,73)(H,59,69)(H,60,76)(H,61,74)(H,62,70)(H,63,67)(H,64,72)/t27?,28?,31-,32-,33-,34-,35-,36-,37+,38-,39-/m0/s1. The number of carbonyl (C=O) groups is 10. The highest BCUT2D eigenvalue weighted by Crippen LogP contribution is 2.14. The van der Waals surface area contributed by atoms with Crippen LogP contribution in [0.15, 0.2) is 30.3 Å². The Kier molecular flexibility index (Phi) is 27.7. The van der Waals surface area contributed by atoms with Crippen LogP contribution < -0.4 is 81.4 Å². The number of nitrogens with two attached hydrogens (primary N) is 4. The monoisotopic (exact) mass is 1070 g/mol. The quantitative estimate of drug-likeness (QED) is 0.0577. The smallest absolute Gasteiger partial charge is 0.245 e. The summed E-state index contributed by atoms with van der Waals surface area (Å²) in [5.41, 5.74) is 24.1. The van der Waals surface area contributed by atoms with Crippen molar-refractivity contribution in [3.8, 4) is 0 Å². The van der Waals surface area contributed by atoms with Crippen LogP contribution in [0.3, 0.4) is 0 Å². The molecule has 1 aromatic carbocycles. The molecular formula is C49H83N15O12. The third-order valence-corrected chi connectivity index (χ3v) is 12.8. The second kappa shape index (κ2) is 32.9. The van der Waals surface area contributed by atoms with Crippen LogP contribution in [0.1, 0.15) is 84.6 Å². The van der Waals surface area contributed by atoms with Gasteiger partial charge in [-0.3, -0.25) is 47.9 Å². The van der Waals surface area contributed by atoms with E-state index in [4.69, 9.17) is 22.9 Å². The van der Waals surface area contributed by atoms with E-state index in [2.05, 4.69) is 58.5 Å². The maximum atomic E-state index is 14.4. The van der Waals surface area contributed by atoms with Crippen LogP contribution in [0.2, 0.25) is 0 Å². The van der Waals surface area contributed by atoms with Crippen molar-refractivity contribution in [2.75, 3.05) is 45.8 Å². The summed E-state index contributed by atoms with van der Waals surface area (Å²) in [6.07, 6.45) is -3.07. The van der Waals surface area contributed by atoms with E-state index in [1.54, 1.807) is 44.2 Å². The van der Waals surface area contributed by atoms with Crippen molar-refractivity contribution in [3.63, 3.8) is 0 Å². The molecule has 1 aromatic rings. The number of aliphatic hydroxyl groups is 2. The molecular weight excluding hydrogens is 991 g/mol. The summed E-state index contributed by atoms with van der Waals surface area (Å²) in [6, 6.07) is -4.47. The van der Waals surface area contributed by atoms with Gasteiger partial charge in [-0.25, -0.2) is 0 Å². The molecule has 0 aromatic heterocycles. The van der Waals surface area contributed by atoms with Crippen LogP contribution in [-0.2, 0) is 54.4 Å². The van der Waals surface area contributed by atoms with E-state index in [0.717, 1.165) is 0 Å². The largest absolute Gasteiger partial charge is 0.391 e. The zero-order chi connectivity index (χ0) is 56.5. The molecule has 2 fully saturated rings. The second-order valence-electron chi connectivity index (χ2n) is 19.6. The molecule has 0 aliphatic carbocycles. The van der Waals surface area contributed by atoms with Gasteiger partial charge in [0.1, 0.15) is 54.4 Å². The summed E-state index contributed by atoms with van der Waals surface area (Å²) in [7, 11) is 0. The van der Waals surface area contributed by atoms with Gasteiger partial charge in [0, 0.05) is 18.9 Å². The lowest BCUT2D eigenvalue weighted by atomic mass is 9.96. The van der Waals surface area contributed by atoms with Crippen molar-refractivity contribution in [2.45, 2.75) is 152 Å². The van der Waals surface area contributed by atoms with Gasteiger partial charge in [0.05, 0.1) is 12.2 Å². The van der Waals surface area contributed by atoms with Crippen LogP contribution in [0.5, 0.6) is 0 Å². The highest BCUT2D eigenvalue weighted by atomic mass is 16.3. The first kappa shape index (κ1) is 63.9. The van der Waals surface area contributed by atoms with Crippen molar-refractivity contribution < 1.29 is 58.2 Å². The topological polar surface area (TPSA) is 448 Å². The Hall–Kier alpha value is -6.36. The van der Waals surface area contributed by atoms with Gasteiger partial charge in [0.2, 0.25) is 59.1 Å². The van der Waals surface area contributed by atoms with E-state index in [0.29, 0.717) is 31.5 Å². The normalized spacial score (nSPS) is 24.9. The molecule has 3 rings (SSSR count). The Bertz CT molecular complexity index is 2100. The minimum atomic E-state index is -1.66. The van der Waals surface area contributed by atoms with E-state index >= 15 is 0 Å². The molecule has 0 spiro atoms. The maximum Gasteiger partial charge on any atom is 0.245 e. The third-order valence-electron chi connectivity index (χ3n) is 12.8. The van der Waals surface area contributed by atoms with Gasteiger partial charge in [-0.05, 0) is 116 Å². The van der Waals surface area contributed by atoms with Gasteiger partial charge < -0.3 is 91.6 Å². The predicted octanol–water partition coefficient (Wildman–Crippen LogP) is -6.69. The summed E-state index contributed by atoms with van der Waals surface area (Å²) in [5, 5.41) is 50.1. The number of hydrogen-bond donors (Lipinski definition) is 17. The molecule has 0 bridgehead atoms. The predicted molar refractivity (Wildman–Crippen MR) is 278 cm³/mol. The molecule has 426 valence electrons. The molecule has 2 heterocycles. The number of carbonyl (C=O) groups excluding carboxylic acids is 10. The van der Waals surface area contributed by atoms with Crippen LogP contribution in [0.4, 0.5) is 0 Å². The van der Waals surface area contributed by atoms with Crippen LogP contribution in [0.25, 0.3) is 0 Å². The van der Waals surface area contributed by atoms with Gasteiger partial charge >= 0.3 is 0 Å². The van der Waals surface area contributed by atoms with Gasteiger partial charge in [-0.1, -0.05) is 44.2 Å². The van der Waals surface area contributed by atoms with E-state index < -0.39 is 145 Å². The maximum absolute atomic E-state index is 14.4. The Morgan fingerprint density at radius 2 is 1.09 bits per heavy atom. The summed E-state index contributed by atoms with van der Waals surface area (Å²) >= 11 is 0. The fourth-order valence-corrected chi connectivity index (χ4v) is 8.54. The van der Waals surface area contributed by atoms with Crippen LogP contribution in [-0.4, -0.2) is 182 Å². The molecule has 2 unspecified atom stereocenters. The number of hydrogen-bond acceptors (Lipinski definition) is 17. The van der Waals surface area contributed by atoms with Crippen molar-refractivity contribution in [1.82, 2.24) is 58.5 Å². The average molecular weight is 1070 g/mol. The van der Waals surface area contributed by atoms with E-state index in [1.807, 2.05) is 0 Å². The first-order valence-electron chi connectivity index (χ1n) is 26.1. The highest BCUT2D eigenvalue weighted by Gasteiger charge is 2.37. The summed E-state index contributed by atoms with van der Waals surface area (Å²) in [6.45, 7) is 6.26. The average Bonchev–Trinajstić information content (AvgIpc) is 3.37. The number of benzene rings is 1. The lowest BCUT2D eigenvalue weighted by molar-refractivity contribution is -0.137. The molecule has 11 atom stereocenters. The van der Waals surface area contributed by atoms with E-state index in [1.165, 1.54) is 13.8 Å². The van der Waals surface area contributed by atoms with Gasteiger partial charge in [0.15, 0.2) is 0 Å². The first-order valence-corrected chi connectivity index (χ1v) is 26.1. The molecule has 2 saturated heterocycles. The fraction of sp³-hybridized carbons (Fsp3) is 0.673. The lowest BCUT2D eigenvalue weighted by Gasteiger charge is -2.29. The zero-order valence-corrected chi connectivity index (χ0v) is 44.0. The number of nitrogens with one attached hydrogen (secondary N) is 11. The number of rotatable bonds is 20. The molecule has 0 saturated carbocycles. The molecule has 76 heavy (non-hydrogen) atoms. The first-order chi connectivity index (χ1) is 36.1. The van der Waals surface area contributed by atoms with Crippen molar-refractivity contribution >= 4 is 59.1 Å². The Morgan fingerprint density at radius 1 is 0.592 bits per heavy atom. The minimum Gasteiger partial charge on any atom is -0.391 e.